The molecule has 0 atom stereocenters. The van der Waals surface area contributed by atoms with Crippen LogP contribution in [0.2, 0.25) is 0 Å². The van der Waals surface area contributed by atoms with E-state index in [1.807, 2.05) is 41.8 Å². The third-order valence-corrected chi connectivity index (χ3v) is 9.12. The molecule has 0 bridgehead atoms. The van der Waals surface area contributed by atoms with Gasteiger partial charge in [0.15, 0.2) is 11.5 Å². The average Bonchev–Trinajstić information content (AvgIpc) is 3.56. The molecule has 50 heavy (non-hydrogen) atoms. The Hall–Kier alpha value is -6.03. The molecule has 5 aromatic rings. The third kappa shape index (κ3) is 8.70. The second-order valence-corrected chi connectivity index (χ2v) is 12.4. The molecule has 4 aromatic carbocycles. The minimum absolute atomic E-state index is 0.0373. The molecule has 1 aromatic heterocycles. The normalized spacial score (nSPS) is 10.8. The number of nitriles is 1. The lowest BCUT2D eigenvalue weighted by Crippen LogP contribution is -2.30. The van der Waals surface area contributed by atoms with Gasteiger partial charge in [-0.05, 0) is 59.7 Å². The predicted molar refractivity (Wildman–Crippen MR) is 197 cm³/mol. The molecule has 1 heterocycles. The molecule has 12 heteroatoms. The van der Waals surface area contributed by atoms with Gasteiger partial charge in [0.1, 0.15) is 16.8 Å². The minimum Gasteiger partial charge on any atom is -0.493 e. The highest BCUT2D eigenvalue weighted by Gasteiger charge is 2.19. The maximum atomic E-state index is 13.7. The van der Waals surface area contributed by atoms with E-state index in [-0.39, 0.29) is 17.4 Å². The number of anilines is 2. The lowest BCUT2D eigenvalue weighted by Gasteiger charge is -2.15. The van der Waals surface area contributed by atoms with Crippen LogP contribution in [0, 0.1) is 11.3 Å². The topological polar surface area (TPSA) is 139 Å². The zero-order valence-corrected chi connectivity index (χ0v) is 28.9. The van der Waals surface area contributed by atoms with Gasteiger partial charge in [-0.15, -0.1) is 23.1 Å². The molecule has 0 aliphatic rings. The summed E-state index contributed by atoms with van der Waals surface area (Å²) in [6.07, 6.45) is 1.51. The second-order valence-electron chi connectivity index (χ2n) is 10.5. The van der Waals surface area contributed by atoms with Gasteiger partial charge in [0, 0.05) is 27.1 Å². The van der Waals surface area contributed by atoms with Gasteiger partial charge in [-0.2, -0.15) is 5.26 Å². The molecular weight excluding hydrogens is 673 g/mol. The van der Waals surface area contributed by atoms with Crippen LogP contribution >= 0.6 is 23.1 Å². The summed E-state index contributed by atoms with van der Waals surface area (Å²) in [5.41, 5.74) is 3.37. The molecule has 0 unspecified atom stereocenters. The fourth-order valence-electron chi connectivity index (χ4n) is 4.86. The van der Waals surface area contributed by atoms with E-state index in [1.165, 1.54) is 50.5 Å². The molecule has 3 amide bonds. The van der Waals surface area contributed by atoms with Crippen LogP contribution in [-0.2, 0) is 9.59 Å². The quantitative estimate of drug-likeness (QED) is 0.0849. The van der Waals surface area contributed by atoms with Crippen LogP contribution in [-0.4, -0.2) is 44.8 Å². The SMILES string of the molecule is COc1cc(/C=C(/NC(=O)c2ccccc2)C(=O)Nc2cccc(SCC(=O)Nc3scc(-c4ccccc4)c3C#N)c2)cc(OC)c1OC. The lowest BCUT2D eigenvalue weighted by molar-refractivity contribution is -0.114. The van der Waals surface area contributed by atoms with Crippen molar-refractivity contribution in [2.45, 2.75) is 4.90 Å². The first kappa shape index (κ1) is 35.3. The van der Waals surface area contributed by atoms with Crippen molar-refractivity contribution in [1.29, 1.82) is 5.26 Å². The summed E-state index contributed by atoms with van der Waals surface area (Å²) in [5, 5.41) is 20.6. The molecule has 0 fully saturated rings. The standard InChI is InChI=1S/C38H32N4O6S2/c1-46-32-18-24(19-33(47-2)35(32)48-3)17-31(41-36(44)26-13-8-5-9-14-26)37(45)40-27-15-10-16-28(20-27)49-23-34(43)42-38-29(21-39)30(22-50-38)25-11-6-4-7-12-25/h4-20,22H,23H2,1-3H3,(H,40,45)(H,41,44)(H,42,43)/b31-17+. The fraction of sp³-hybridized carbons (Fsp3) is 0.105. The summed E-state index contributed by atoms with van der Waals surface area (Å²) in [7, 11) is 4.46. The minimum atomic E-state index is -0.584. The molecule has 0 aliphatic heterocycles. The van der Waals surface area contributed by atoms with Gasteiger partial charge >= 0.3 is 0 Å². The lowest BCUT2D eigenvalue weighted by atomic mass is 10.1. The summed E-state index contributed by atoms with van der Waals surface area (Å²) in [6, 6.07) is 30.6. The summed E-state index contributed by atoms with van der Waals surface area (Å²) >= 11 is 2.57. The molecule has 0 aliphatic carbocycles. The summed E-state index contributed by atoms with van der Waals surface area (Å²) in [5.74, 6) is -0.134. The van der Waals surface area contributed by atoms with Gasteiger partial charge in [0.2, 0.25) is 11.7 Å². The van der Waals surface area contributed by atoms with Crippen LogP contribution in [0.1, 0.15) is 21.5 Å². The van der Waals surface area contributed by atoms with Crippen molar-refractivity contribution in [3.63, 3.8) is 0 Å². The Labute approximate surface area is 297 Å². The van der Waals surface area contributed by atoms with Gasteiger partial charge in [0.25, 0.3) is 11.8 Å². The second kappa shape index (κ2) is 16.9. The van der Waals surface area contributed by atoms with Gasteiger partial charge in [-0.25, -0.2) is 0 Å². The fourth-order valence-corrected chi connectivity index (χ4v) is 6.55. The molecule has 0 saturated heterocycles. The van der Waals surface area contributed by atoms with E-state index in [0.717, 1.165) is 16.0 Å². The molecule has 3 N–H and O–H groups in total. The highest BCUT2D eigenvalue weighted by atomic mass is 32.2. The number of methoxy groups -OCH3 is 3. The maximum Gasteiger partial charge on any atom is 0.272 e. The number of nitrogens with zero attached hydrogens (tertiary/aromatic N) is 1. The molecule has 0 spiro atoms. The van der Waals surface area contributed by atoms with Crippen molar-refractivity contribution in [2.75, 3.05) is 37.7 Å². The highest BCUT2D eigenvalue weighted by Crippen LogP contribution is 2.39. The number of hydrogen-bond donors (Lipinski definition) is 3. The number of amides is 3. The Morgan fingerprint density at radius 3 is 2.16 bits per heavy atom. The van der Waals surface area contributed by atoms with E-state index in [0.29, 0.717) is 44.6 Å². The zero-order chi connectivity index (χ0) is 35.5. The van der Waals surface area contributed by atoms with E-state index in [4.69, 9.17) is 14.2 Å². The number of nitrogens with one attached hydrogen (secondary N) is 3. The number of carbonyl (C=O) groups excluding carboxylic acids is 3. The van der Waals surface area contributed by atoms with Crippen molar-refractivity contribution in [3.05, 3.63) is 125 Å². The van der Waals surface area contributed by atoms with Crippen molar-refractivity contribution < 1.29 is 28.6 Å². The number of rotatable bonds is 13. The Kier molecular flexibility index (Phi) is 11.9. The van der Waals surface area contributed by atoms with Gasteiger partial charge in [-0.3, -0.25) is 14.4 Å². The monoisotopic (exact) mass is 704 g/mol. The van der Waals surface area contributed by atoms with Crippen LogP contribution < -0.4 is 30.2 Å². The zero-order valence-electron chi connectivity index (χ0n) is 27.3. The van der Waals surface area contributed by atoms with Gasteiger partial charge in [0.05, 0.1) is 32.6 Å². The predicted octanol–water partition coefficient (Wildman–Crippen LogP) is 7.45. The Balaban J connectivity index is 1.31. The van der Waals surface area contributed by atoms with Crippen LogP contribution in [0.4, 0.5) is 10.7 Å². The highest BCUT2D eigenvalue weighted by molar-refractivity contribution is 8.00. The van der Waals surface area contributed by atoms with Crippen LogP contribution in [0.3, 0.4) is 0 Å². The van der Waals surface area contributed by atoms with E-state index in [9.17, 15) is 19.6 Å². The van der Waals surface area contributed by atoms with Crippen molar-refractivity contribution in [1.82, 2.24) is 5.32 Å². The van der Waals surface area contributed by atoms with Crippen LogP contribution in [0.25, 0.3) is 17.2 Å². The molecule has 0 radical (unpaired) electrons. The van der Waals surface area contributed by atoms with Crippen molar-refractivity contribution >= 4 is 57.6 Å². The number of ether oxygens (including phenoxy) is 3. The molecule has 252 valence electrons. The van der Waals surface area contributed by atoms with Crippen molar-refractivity contribution in [2.24, 2.45) is 0 Å². The largest absolute Gasteiger partial charge is 0.493 e. The number of carbonyl (C=O) groups is 3. The number of thiophene rings is 1. The van der Waals surface area contributed by atoms with Gasteiger partial charge in [-0.1, -0.05) is 54.6 Å². The average molecular weight is 705 g/mol. The number of benzene rings is 4. The molecule has 10 nitrogen and oxygen atoms in total. The number of hydrogen-bond acceptors (Lipinski definition) is 9. The Bertz CT molecular complexity index is 2050. The van der Waals surface area contributed by atoms with Crippen LogP contribution in [0.5, 0.6) is 17.2 Å². The summed E-state index contributed by atoms with van der Waals surface area (Å²) in [6.45, 7) is 0. The Morgan fingerprint density at radius 2 is 1.52 bits per heavy atom. The first-order valence-corrected chi connectivity index (χ1v) is 17.0. The summed E-state index contributed by atoms with van der Waals surface area (Å²) in [4.78, 5) is 40.4. The third-order valence-electron chi connectivity index (χ3n) is 7.23. The van der Waals surface area contributed by atoms with Crippen molar-refractivity contribution in [3.8, 4) is 34.4 Å². The van der Waals surface area contributed by atoms with Gasteiger partial charge < -0.3 is 30.2 Å². The smallest absolute Gasteiger partial charge is 0.272 e. The first-order valence-electron chi connectivity index (χ1n) is 15.1. The maximum absolute atomic E-state index is 13.7. The van der Waals surface area contributed by atoms with E-state index in [2.05, 4.69) is 22.0 Å². The van der Waals surface area contributed by atoms with E-state index >= 15 is 0 Å². The van der Waals surface area contributed by atoms with E-state index in [1.54, 1.807) is 60.7 Å². The van der Waals surface area contributed by atoms with Crippen LogP contribution in [0.15, 0.2) is 113 Å². The van der Waals surface area contributed by atoms with E-state index < -0.39 is 11.8 Å². The number of thioether (sulfide) groups is 1. The first-order chi connectivity index (χ1) is 24.3. The molecular formula is C38H32N4O6S2. The summed E-state index contributed by atoms with van der Waals surface area (Å²) < 4.78 is 16.3. The molecule has 0 saturated carbocycles. The Morgan fingerprint density at radius 1 is 0.840 bits per heavy atom. The molecule has 5 rings (SSSR count).